The highest BCUT2D eigenvalue weighted by molar-refractivity contribution is 9.10. The van der Waals surface area contributed by atoms with Crippen molar-refractivity contribution < 1.29 is 18.8 Å². The monoisotopic (exact) mass is 443 g/mol. The van der Waals surface area contributed by atoms with E-state index in [2.05, 4.69) is 31.4 Å². The van der Waals surface area contributed by atoms with E-state index in [-0.39, 0.29) is 11.5 Å². The maximum Gasteiger partial charge on any atom is 0.340 e. The minimum Gasteiger partial charge on any atom is -0.462 e. The molecule has 0 unspecified atom stereocenters. The zero-order valence-electron chi connectivity index (χ0n) is 15.4. The lowest BCUT2D eigenvalue weighted by atomic mass is 10.1. The van der Waals surface area contributed by atoms with Crippen molar-refractivity contribution in [2.45, 2.75) is 20.3 Å². The molecule has 8 heteroatoms. The van der Waals surface area contributed by atoms with E-state index in [0.717, 1.165) is 0 Å². The van der Waals surface area contributed by atoms with E-state index < -0.39 is 5.97 Å². The number of nitrogens with one attached hydrogen (secondary N) is 1. The van der Waals surface area contributed by atoms with Gasteiger partial charge in [-0.3, -0.25) is 4.79 Å². The van der Waals surface area contributed by atoms with Crippen molar-refractivity contribution in [3.05, 3.63) is 63.9 Å². The van der Waals surface area contributed by atoms with Gasteiger partial charge in [0.05, 0.1) is 17.9 Å². The number of aryl methyl sites for hydroxylation is 1. The molecule has 144 valence electrons. The quantitative estimate of drug-likeness (QED) is 0.558. The van der Waals surface area contributed by atoms with Crippen molar-refractivity contribution in [2.75, 3.05) is 11.9 Å². The van der Waals surface area contributed by atoms with Crippen LogP contribution in [0.5, 0.6) is 0 Å². The van der Waals surface area contributed by atoms with Crippen LogP contribution < -0.4 is 5.32 Å². The van der Waals surface area contributed by atoms with Crippen LogP contribution in [0.2, 0.25) is 0 Å². The normalized spacial score (nSPS) is 10.5. The molecule has 28 heavy (non-hydrogen) atoms. The molecule has 0 atom stereocenters. The van der Waals surface area contributed by atoms with Crippen LogP contribution in [-0.4, -0.2) is 28.6 Å². The van der Waals surface area contributed by atoms with Gasteiger partial charge in [-0.25, -0.2) is 4.79 Å². The Hall–Kier alpha value is -3.00. The summed E-state index contributed by atoms with van der Waals surface area (Å²) in [5, 5.41) is 6.51. The summed E-state index contributed by atoms with van der Waals surface area (Å²) in [6.45, 7) is 3.96. The van der Waals surface area contributed by atoms with Crippen LogP contribution in [0, 0.1) is 6.92 Å². The Morgan fingerprint density at radius 1 is 1.18 bits per heavy atom. The molecule has 3 rings (SSSR count). The Bertz CT molecular complexity index is 999. The first-order chi connectivity index (χ1) is 13.5. The molecule has 0 fully saturated rings. The number of esters is 1. The molecule has 0 aliphatic rings. The summed E-state index contributed by atoms with van der Waals surface area (Å²) in [7, 11) is 0. The van der Waals surface area contributed by atoms with Crippen LogP contribution in [0.15, 0.2) is 51.5 Å². The van der Waals surface area contributed by atoms with E-state index in [1.54, 1.807) is 49.4 Å². The van der Waals surface area contributed by atoms with E-state index in [0.29, 0.717) is 46.0 Å². The minimum absolute atomic E-state index is 0.286. The maximum absolute atomic E-state index is 12.6. The Balaban J connectivity index is 1.78. The van der Waals surface area contributed by atoms with Crippen LogP contribution in [0.3, 0.4) is 0 Å². The summed E-state index contributed by atoms with van der Waals surface area (Å²) in [6.07, 6.45) is 0.716. The lowest BCUT2D eigenvalue weighted by Crippen LogP contribution is -2.16. The van der Waals surface area contributed by atoms with Crippen LogP contribution in [0.25, 0.3) is 11.5 Å². The van der Waals surface area contributed by atoms with Gasteiger partial charge in [0.15, 0.2) is 5.82 Å². The first-order valence-corrected chi connectivity index (χ1v) is 9.46. The molecule has 1 N–H and O–H groups in total. The van der Waals surface area contributed by atoms with Crippen LogP contribution in [0.1, 0.15) is 39.9 Å². The predicted molar refractivity (Wildman–Crippen MR) is 107 cm³/mol. The SMILES string of the molecule is CCCOC(=O)c1cc(Br)ccc1NC(=O)c1ccc(-c2nc(C)no2)cc1. The van der Waals surface area contributed by atoms with Gasteiger partial charge in [0.1, 0.15) is 0 Å². The molecule has 0 saturated carbocycles. The van der Waals surface area contributed by atoms with Gasteiger partial charge in [-0.15, -0.1) is 0 Å². The number of hydrogen-bond donors (Lipinski definition) is 1. The van der Waals surface area contributed by atoms with Gasteiger partial charge in [-0.1, -0.05) is 28.0 Å². The van der Waals surface area contributed by atoms with E-state index in [4.69, 9.17) is 9.26 Å². The van der Waals surface area contributed by atoms with E-state index in [1.807, 2.05) is 6.92 Å². The molecule has 1 aromatic heterocycles. The molecule has 0 radical (unpaired) electrons. The smallest absolute Gasteiger partial charge is 0.340 e. The standard InChI is InChI=1S/C20H18BrN3O4/c1-3-10-27-20(26)16-11-15(21)8-9-17(16)23-18(25)13-4-6-14(7-5-13)19-22-12(2)24-28-19/h4-9,11H,3,10H2,1-2H3,(H,23,25). The molecule has 0 bridgehead atoms. The van der Waals surface area contributed by atoms with Gasteiger partial charge < -0.3 is 14.6 Å². The third kappa shape index (κ3) is 4.64. The highest BCUT2D eigenvalue weighted by Gasteiger charge is 2.16. The number of hydrogen-bond acceptors (Lipinski definition) is 6. The summed E-state index contributed by atoms with van der Waals surface area (Å²) in [5.74, 6) is 0.0913. The number of carbonyl (C=O) groups excluding carboxylic acids is 2. The largest absolute Gasteiger partial charge is 0.462 e. The number of rotatable bonds is 6. The highest BCUT2D eigenvalue weighted by atomic mass is 79.9. The van der Waals surface area contributed by atoms with Crippen molar-refractivity contribution in [3.63, 3.8) is 0 Å². The molecule has 1 heterocycles. The Morgan fingerprint density at radius 2 is 1.93 bits per heavy atom. The van der Waals surface area contributed by atoms with E-state index in [1.165, 1.54) is 0 Å². The fourth-order valence-electron chi connectivity index (χ4n) is 2.44. The second-order valence-corrected chi connectivity index (χ2v) is 6.92. The molecule has 0 aliphatic carbocycles. The molecule has 7 nitrogen and oxygen atoms in total. The zero-order chi connectivity index (χ0) is 20.1. The predicted octanol–water partition coefficient (Wildman–Crippen LogP) is 4.63. The maximum atomic E-state index is 12.6. The van der Waals surface area contributed by atoms with E-state index in [9.17, 15) is 9.59 Å². The van der Waals surface area contributed by atoms with Crippen LogP contribution in [0.4, 0.5) is 5.69 Å². The number of nitrogens with zero attached hydrogens (tertiary/aromatic N) is 2. The van der Waals surface area contributed by atoms with Gasteiger partial charge in [-0.2, -0.15) is 4.98 Å². The molecule has 1 amide bonds. The van der Waals surface area contributed by atoms with Crippen molar-refractivity contribution >= 4 is 33.5 Å². The molecule has 2 aromatic carbocycles. The zero-order valence-corrected chi connectivity index (χ0v) is 16.9. The van der Waals surface area contributed by atoms with Gasteiger partial charge in [-0.05, 0) is 55.8 Å². The number of halogens is 1. The fraction of sp³-hybridized carbons (Fsp3) is 0.200. The molecule has 0 saturated heterocycles. The van der Waals surface area contributed by atoms with Crippen molar-refractivity contribution in [2.24, 2.45) is 0 Å². The fourth-order valence-corrected chi connectivity index (χ4v) is 2.80. The lowest BCUT2D eigenvalue weighted by Gasteiger charge is -2.11. The van der Waals surface area contributed by atoms with Crippen molar-refractivity contribution in [3.8, 4) is 11.5 Å². The first-order valence-electron chi connectivity index (χ1n) is 8.66. The summed E-state index contributed by atoms with van der Waals surface area (Å²) in [6, 6.07) is 11.8. The third-order valence-corrected chi connectivity index (χ3v) is 4.30. The minimum atomic E-state index is -0.486. The second-order valence-electron chi connectivity index (χ2n) is 6.00. The van der Waals surface area contributed by atoms with Crippen molar-refractivity contribution in [1.82, 2.24) is 10.1 Å². The van der Waals surface area contributed by atoms with Crippen LogP contribution >= 0.6 is 15.9 Å². The van der Waals surface area contributed by atoms with E-state index >= 15 is 0 Å². The third-order valence-electron chi connectivity index (χ3n) is 3.81. The number of anilines is 1. The first kappa shape index (κ1) is 19.8. The molecular weight excluding hydrogens is 426 g/mol. The van der Waals surface area contributed by atoms with Gasteiger partial charge in [0.25, 0.3) is 11.8 Å². The number of amides is 1. The summed E-state index contributed by atoms with van der Waals surface area (Å²) in [5.41, 5.74) is 1.81. The van der Waals surface area contributed by atoms with Gasteiger partial charge in [0, 0.05) is 15.6 Å². The highest BCUT2D eigenvalue weighted by Crippen LogP contribution is 2.23. The number of carbonyl (C=O) groups is 2. The molecule has 0 spiro atoms. The van der Waals surface area contributed by atoms with Gasteiger partial charge in [0.2, 0.25) is 0 Å². The lowest BCUT2D eigenvalue weighted by molar-refractivity contribution is 0.0506. The van der Waals surface area contributed by atoms with Crippen LogP contribution in [-0.2, 0) is 4.74 Å². The average Bonchev–Trinajstić information content (AvgIpc) is 3.14. The Labute approximate surface area is 170 Å². The van der Waals surface area contributed by atoms with Gasteiger partial charge >= 0.3 is 5.97 Å². The number of ether oxygens (including phenoxy) is 1. The average molecular weight is 444 g/mol. The molecule has 3 aromatic rings. The van der Waals surface area contributed by atoms with Crippen molar-refractivity contribution in [1.29, 1.82) is 0 Å². The summed E-state index contributed by atoms with van der Waals surface area (Å²) in [4.78, 5) is 29.0. The Kier molecular flexibility index (Phi) is 6.20. The second kappa shape index (κ2) is 8.79. The summed E-state index contributed by atoms with van der Waals surface area (Å²) >= 11 is 3.34. The number of benzene rings is 2. The number of aromatic nitrogens is 2. The Morgan fingerprint density at radius 3 is 2.57 bits per heavy atom. The topological polar surface area (TPSA) is 94.3 Å². The molecular formula is C20H18BrN3O4. The summed E-state index contributed by atoms with van der Waals surface area (Å²) < 4.78 is 11.0. The molecule has 0 aliphatic heterocycles.